The fourth-order valence-corrected chi connectivity index (χ4v) is 3.60. The van der Waals surface area contributed by atoms with Crippen molar-refractivity contribution in [1.82, 2.24) is 15.5 Å². The predicted molar refractivity (Wildman–Crippen MR) is 137 cm³/mol. The number of rotatable bonds is 14. The van der Waals surface area contributed by atoms with Crippen molar-refractivity contribution in [3.05, 3.63) is 71.3 Å². The van der Waals surface area contributed by atoms with Crippen molar-refractivity contribution in [1.29, 1.82) is 0 Å². The Bertz CT molecular complexity index is 930. The van der Waals surface area contributed by atoms with Gasteiger partial charge in [-0.1, -0.05) is 60.2 Å². The van der Waals surface area contributed by atoms with Crippen LogP contribution in [0.1, 0.15) is 29.5 Å². The highest BCUT2D eigenvalue weighted by molar-refractivity contribution is 5.92. The molecular weight excluding hydrogens is 444 g/mol. The minimum Gasteiger partial charge on any atom is -0.350 e. The van der Waals surface area contributed by atoms with Crippen molar-refractivity contribution in [2.75, 3.05) is 26.2 Å². The van der Waals surface area contributed by atoms with Gasteiger partial charge in [-0.15, -0.1) is 0 Å². The molecule has 0 spiro atoms. The zero-order valence-electron chi connectivity index (χ0n) is 20.4. The van der Waals surface area contributed by atoms with E-state index in [9.17, 15) is 14.4 Å². The summed E-state index contributed by atoms with van der Waals surface area (Å²) in [6, 6.07) is 15.7. The molecule has 0 aliphatic rings. The summed E-state index contributed by atoms with van der Waals surface area (Å²) in [7, 11) is 0. The van der Waals surface area contributed by atoms with Crippen LogP contribution in [-0.2, 0) is 27.3 Å². The number of amides is 3. The van der Waals surface area contributed by atoms with Crippen molar-refractivity contribution in [2.45, 2.75) is 44.8 Å². The number of nitrogens with one attached hydrogen (secondary N) is 2. The molecule has 0 radical (unpaired) electrons. The van der Waals surface area contributed by atoms with Gasteiger partial charge in [0.25, 0.3) is 0 Å². The first kappa shape index (κ1) is 28.0. The van der Waals surface area contributed by atoms with E-state index < -0.39 is 18.0 Å². The zero-order chi connectivity index (χ0) is 25.6. The van der Waals surface area contributed by atoms with Gasteiger partial charge in [-0.3, -0.25) is 14.4 Å². The van der Waals surface area contributed by atoms with E-state index in [1.165, 1.54) is 4.90 Å². The Kier molecular flexibility index (Phi) is 11.9. The summed E-state index contributed by atoms with van der Waals surface area (Å²) in [5, 5.41) is 5.64. The smallest absolute Gasteiger partial charge is 0.242 e. The minimum atomic E-state index is -1.09. The van der Waals surface area contributed by atoms with Crippen molar-refractivity contribution in [3.8, 4) is 0 Å². The molecule has 0 unspecified atom stereocenters. The average Bonchev–Trinajstić information content (AvgIpc) is 2.86. The first-order chi connectivity index (χ1) is 16.8. The van der Waals surface area contributed by atoms with Gasteiger partial charge in [0, 0.05) is 32.7 Å². The normalized spacial score (nSPS) is 12.5. The topological polar surface area (TPSA) is 157 Å². The van der Waals surface area contributed by atoms with Gasteiger partial charge in [-0.25, -0.2) is 0 Å². The molecule has 190 valence electrons. The van der Waals surface area contributed by atoms with Crippen LogP contribution in [-0.4, -0.2) is 60.9 Å². The van der Waals surface area contributed by atoms with Crippen LogP contribution < -0.4 is 27.8 Å². The molecule has 2 aromatic carbocycles. The fraction of sp³-hybridized carbons (Fsp3) is 0.423. The lowest BCUT2D eigenvalue weighted by Crippen LogP contribution is -2.53. The molecule has 3 amide bonds. The third-order valence-electron chi connectivity index (χ3n) is 5.67. The van der Waals surface area contributed by atoms with Crippen molar-refractivity contribution >= 4 is 17.7 Å². The molecule has 0 aliphatic carbocycles. The lowest BCUT2D eigenvalue weighted by atomic mass is 10.0. The molecule has 2 aromatic rings. The SMILES string of the molecule is Cc1ccc(CNC(=O)[C@H](CCc2ccccc2)NC(=O)[C@@H](N)CC(=O)N(CCN)CCN)cc1. The molecule has 2 atom stereocenters. The first-order valence-corrected chi connectivity index (χ1v) is 11.9. The molecule has 9 heteroatoms. The second kappa shape index (κ2) is 14.9. The molecule has 0 saturated carbocycles. The largest absolute Gasteiger partial charge is 0.350 e. The second-order valence-electron chi connectivity index (χ2n) is 8.56. The number of benzene rings is 2. The Hall–Kier alpha value is -3.27. The van der Waals surface area contributed by atoms with E-state index in [4.69, 9.17) is 17.2 Å². The summed E-state index contributed by atoms with van der Waals surface area (Å²) >= 11 is 0. The molecule has 0 bridgehead atoms. The van der Waals surface area contributed by atoms with E-state index in [2.05, 4.69) is 10.6 Å². The van der Waals surface area contributed by atoms with Crippen LogP contribution in [0.25, 0.3) is 0 Å². The van der Waals surface area contributed by atoms with Crippen LogP contribution in [0.5, 0.6) is 0 Å². The minimum absolute atomic E-state index is 0.192. The van der Waals surface area contributed by atoms with Crippen molar-refractivity contribution < 1.29 is 14.4 Å². The van der Waals surface area contributed by atoms with Gasteiger partial charge in [0.05, 0.1) is 12.5 Å². The maximum atomic E-state index is 13.0. The van der Waals surface area contributed by atoms with Crippen LogP contribution in [0.4, 0.5) is 0 Å². The summed E-state index contributed by atoms with van der Waals surface area (Å²) < 4.78 is 0. The molecule has 35 heavy (non-hydrogen) atoms. The molecule has 0 fully saturated rings. The maximum Gasteiger partial charge on any atom is 0.242 e. The number of carbonyl (C=O) groups excluding carboxylic acids is 3. The third kappa shape index (κ3) is 9.86. The Morgan fingerprint density at radius 3 is 2.11 bits per heavy atom. The van der Waals surface area contributed by atoms with Crippen LogP contribution >= 0.6 is 0 Å². The summed E-state index contributed by atoms with van der Waals surface area (Å²) in [4.78, 5) is 39.8. The quantitative estimate of drug-likeness (QED) is 0.259. The summed E-state index contributed by atoms with van der Waals surface area (Å²) in [6.45, 7) is 3.59. The van der Waals surface area contributed by atoms with E-state index in [-0.39, 0.29) is 31.3 Å². The van der Waals surface area contributed by atoms with Crippen LogP contribution in [0.2, 0.25) is 0 Å². The number of carbonyl (C=O) groups is 3. The van der Waals surface area contributed by atoms with E-state index in [0.29, 0.717) is 32.5 Å². The highest BCUT2D eigenvalue weighted by Crippen LogP contribution is 2.08. The lowest BCUT2D eigenvalue weighted by molar-refractivity contribution is -0.135. The summed E-state index contributed by atoms with van der Waals surface area (Å²) in [5.41, 5.74) is 20.3. The average molecular weight is 483 g/mol. The molecule has 9 nitrogen and oxygen atoms in total. The molecule has 8 N–H and O–H groups in total. The monoisotopic (exact) mass is 482 g/mol. The van der Waals surface area contributed by atoms with Gasteiger partial charge in [-0.2, -0.15) is 0 Å². The van der Waals surface area contributed by atoms with E-state index in [1.54, 1.807) is 0 Å². The molecule has 0 heterocycles. The second-order valence-corrected chi connectivity index (χ2v) is 8.56. The third-order valence-corrected chi connectivity index (χ3v) is 5.67. The zero-order valence-corrected chi connectivity index (χ0v) is 20.4. The number of hydrogen-bond acceptors (Lipinski definition) is 6. The Labute approximate surface area is 207 Å². The fourth-order valence-electron chi connectivity index (χ4n) is 3.60. The standard InChI is InChI=1S/C26H38N6O3/c1-19-7-9-21(10-8-19)18-30-26(35)23(12-11-20-5-3-2-4-6-20)31-25(34)22(29)17-24(33)32(15-13-27)16-14-28/h2-10,22-23H,11-18,27-29H2,1H3,(H,30,35)(H,31,34)/t22-,23-/m0/s1. The first-order valence-electron chi connectivity index (χ1n) is 11.9. The molecule has 0 aliphatic heterocycles. The van der Waals surface area contributed by atoms with Crippen LogP contribution in [0.3, 0.4) is 0 Å². The van der Waals surface area contributed by atoms with Gasteiger partial charge in [-0.05, 0) is 30.9 Å². The maximum absolute atomic E-state index is 13.0. The van der Waals surface area contributed by atoms with Crippen molar-refractivity contribution in [2.24, 2.45) is 17.2 Å². The van der Waals surface area contributed by atoms with Crippen molar-refractivity contribution in [3.63, 3.8) is 0 Å². The molecular formula is C26H38N6O3. The predicted octanol–water partition coefficient (Wildman–Crippen LogP) is 0.192. The van der Waals surface area contributed by atoms with E-state index in [1.807, 2.05) is 61.5 Å². The molecule has 0 aromatic heterocycles. The number of nitrogens with zero attached hydrogens (tertiary/aromatic N) is 1. The number of hydrogen-bond donors (Lipinski definition) is 5. The van der Waals surface area contributed by atoms with Crippen LogP contribution in [0, 0.1) is 6.92 Å². The van der Waals surface area contributed by atoms with Gasteiger partial charge in [0.15, 0.2) is 0 Å². The van der Waals surface area contributed by atoms with Crippen LogP contribution in [0.15, 0.2) is 54.6 Å². The number of aryl methyl sites for hydroxylation is 2. The molecule has 0 saturated heterocycles. The highest BCUT2D eigenvalue weighted by Gasteiger charge is 2.26. The molecule has 2 rings (SSSR count). The Morgan fingerprint density at radius 2 is 1.51 bits per heavy atom. The number of nitrogens with two attached hydrogens (primary N) is 3. The highest BCUT2D eigenvalue weighted by atomic mass is 16.2. The van der Waals surface area contributed by atoms with Gasteiger partial charge in [0.1, 0.15) is 6.04 Å². The Balaban J connectivity index is 2.02. The Morgan fingerprint density at radius 1 is 0.886 bits per heavy atom. The van der Waals surface area contributed by atoms with Gasteiger partial charge < -0.3 is 32.7 Å². The van der Waals surface area contributed by atoms with E-state index in [0.717, 1.165) is 16.7 Å². The van der Waals surface area contributed by atoms with Gasteiger partial charge in [0.2, 0.25) is 17.7 Å². The summed E-state index contributed by atoms with van der Waals surface area (Å²) in [5.74, 6) is -1.16. The summed E-state index contributed by atoms with van der Waals surface area (Å²) in [6.07, 6.45) is 0.795. The van der Waals surface area contributed by atoms with E-state index >= 15 is 0 Å². The lowest BCUT2D eigenvalue weighted by Gasteiger charge is -2.24. The van der Waals surface area contributed by atoms with Gasteiger partial charge >= 0.3 is 0 Å².